The van der Waals surface area contributed by atoms with Crippen LogP contribution in [0.25, 0.3) is 0 Å². The van der Waals surface area contributed by atoms with Gasteiger partial charge in [-0.1, -0.05) is 0 Å². The predicted molar refractivity (Wildman–Crippen MR) is 137 cm³/mol. The Morgan fingerprint density at radius 2 is 1.81 bits per heavy atom. The molecule has 0 saturated carbocycles. The van der Waals surface area contributed by atoms with Crippen molar-refractivity contribution in [2.24, 2.45) is 4.99 Å². The van der Waals surface area contributed by atoms with Crippen molar-refractivity contribution in [2.75, 3.05) is 47.5 Å². The molecule has 178 valence electrons. The smallest absolute Gasteiger partial charge is 0.203 e. The summed E-state index contributed by atoms with van der Waals surface area (Å²) in [5.74, 6) is 3.56. The van der Waals surface area contributed by atoms with E-state index in [1.807, 2.05) is 24.3 Å². The molecular formula is C23H35IN4O4. The number of hydrogen-bond donors (Lipinski definition) is 2. The van der Waals surface area contributed by atoms with Gasteiger partial charge in [-0.3, -0.25) is 4.90 Å². The number of benzene rings is 1. The van der Waals surface area contributed by atoms with Crippen LogP contribution in [0.3, 0.4) is 0 Å². The maximum absolute atomic E-state index is 5.72. The summed E-state index contributed by atoms with van der Waals surface area (Å²) in [5.41, 5.74) is 0.916. The van der Waals surface area contributed by atoms with Gasteiger partial charge < -0.3 is 29.3 Å². The van der Waals surface area contributed by atoms with Crippen molar-refractivity contribution in [3.63, 3.8) is 0 Å². The molecule has 3 rings (SSSR count). The molecule has 0 spiro atoms. The van der Waals surface area contributed by atoms with Crippen molar-refractivity contribution in [1.29, 1.82) is 0 Å². The van der Waals surface area contributed by atoms with Crippen LogP contribution in [0.1, 0.15) is 37.1 Å². The van der Waals surface area contributed by atoms with Crippen LogP contribution in [0.4, 0.5) is 0 Å². The van der Waals surface area contributed by atoms with Gasteiger partial charge in [0.05, 0.1) is 40.2 Å². The van der Waals surface area contributed by atoms with E-state index in [4.69, 9.17) is 23.6 Å². The Hall–Kier alpha value is -2.14. The minimum atomic E-state index is 0. The highest BCUT2D eigenvalue weighted by Gasteiger charge is 2.25. The summed E-state index contributed by atoms with van der Waals surface area (Å²) in [7, 11) is 4.84. The molecule has 32 heavy (non-hydrogen) atoms. The second kappa shape index (κ2) is 13.4. The van der Waals surface area contributed by atoms with Crippen LogP contribution in [0.2, 0.25) is 0 Å². The molecule has 1 aromatic carbocycles. The monoisotopic (exact) mass is 558 g/mol. The lowest BCUT2D eigenvalue weighted by Gasteiger charge is -2.26. The standard InChI is InChI=1S/C23H34N4O4.HI/c1-5-24-23(25-15-17-10-11-20(28-2)22(30-4)21(17)29-3)26-16-18(19-9-8-14-31-19)27-12-6-7-13-27;/h8-11,14,18H,5-7,12-13,15-16H2,1-4H3,(H2,24,25,26);1H. The van der Waals surface area contributed by atoms with E-state index in [2.05, 4.69) is 22.5 Å². The lowest BCUT2D eigenvalue weighted by atomic mass is 10.1. The molecule has 0 radical (unpaired) electrons. The molecule has 1 fully saturated rings. The maximum Gasteiger partial charge on any atom is 0.203 e. The molecule has 2 heterocycles. The summed E-state index contributed by atoms with van der Waals surface area (Å²) in [4.78, 5) is 7.24. The van der Waals surface area contributed by atoms with E-state index in [1.54, 1.807) is 27.6 Å². The van der Waals surface area contributed by atoms with Crippen molar-refractivity contribution >= 4 is 29.9 Å². The van der Waals surface area contributed by atoms with E-state index in [0.29, 0.717) is 30.3 Å². The number of rotatable bonds is 10. The van der Waals surface area contributed by atoms with Gasteiger partial charge in [-0.05, 0) is 57.1 Å². The molecule has 9 heteroatoms. The van der Waals surface area contributed by atoms with Gasteiger partial charge in [-0.2, -0.15) is 0 Å². The number of halogens is 1. The highest BCUT2D eigenvalue weighted by atomic mass is 127. The van der Waals surface area contributed by atoms with Gasteiger partial charge >= 0.3 is 0 Å². The number of aliphatic imine (C=N–C) groups is 1. The lowest BCUT2D eigenvalue weighted by Crippen LogP contribution is -2.42. The summed E-state index contributed by atoms with van der Waals surface area (Å²) in [5, 5.41) is 6.81. The van der Waals surface area contributed by atoms with Gasteiger partial charge in [0.2, 0.25) is 5.75 Å². The average molecular weight is 558 g/mol. The molecule has 8 nitrogen and oxygen atoms in total. The third kappa shape index (κ3) is 6.44. The molecule has 0 aliphatic carbocycles. The fraction of sp³-hybridized carbons (Fsp3) is 0.522. The summed E-state index contributed by atoms with van der Waals surface area (Å²) >= 11 is 0. The van der Waals surface area contributed by atoms with Gasteiger partial charge in [-0.15, -0.1) is 24.0 Å². The van der Waals surface area contributed by atoms with Gasteiger partial charge in [0.25, 0.3) is 0 Å². The van der Waals surface area contributed by atoms with E-state index >= 15 is 0 Å². The average Bonchev–Trinajstić information content (AvgIpc) is 3.51. The Labute approximate surface area is 207 Å². The Morgan fingerprint density at radius 1 is 1.06 bits per heavy atom. The number of hydrogen-bond acceptors (Lipinski definition) is 6. The minimum Gasteiger partial charge on any atom is -0.493 e. The predicted octanol–water partition coefficient (Wildman–Crippen LogP) is 3.82. The number of methoxy groups -OCH3 is 3. The van der Waals surface area contributed by atoms with Gasteiger partial charge in [0.1, 0.15) is 5.76 Å². The number of ether oxygens (including phenoxy) is 3. The molecule has 1 aliphatic heterocycles. The van der Waals surface area contributed by atoms with E-state index in [-0.39, 0.29) is 30.0 Å². The van der Waals surface area contributed by atoms with Gasteiger partial charge in [0.15, 0.2) is 17.5 Å². The number of nitrogens with zero attached hydrogens (tertiary/aromatic N) is 2. The third-order valence-electron chi connectivity index (χ3n) is 5.45. The molecule has 1 aliphatic rings. The molecule has 1 unspecified atom stereocenters. The third-order valence-corrected chi connectivity index (χ3v) is 5.45. The maximum atomic E-state index is 5.72. The summed E-state index contributed by atoms with van der Waals surface area (Å²) in [6, 6.07) is 7.98. The van der Waals surface area contributed by atoms with Gasteiger partial charge in [-0.25, -0.2) is 4.99 Å². The Kier molecular flexibility index (Phi) is 10.9. The van der Waals surface area contributed by atoms with E-state index in [1.165, 1.54) is 12.8 Å². The zero-order valence-electron chi connectivity index (χ0n) is 19.3. The molecule has 1 saturated heterocycles. The van der Waals surface area contributed by atoms with E-state index in [0.717, 1.165) is 36.9 Å². The molecule has 2 aromatic rings. The van der Waals surface area contributed by atoms with Crippen LogP contribution in [-0.4, -0.2) is 58.4 Å². The van der Waals surface area contributed by atoms with Crippen LogP contribution < -0.4 is 24.8 Å². The van der Waals surface area contributed by atoms with Crippen molar-refractivity contribution in [3.05, 3.63) is 41.9 Å². The molecule has 1 atom stereocenters. The van der Waals surface area contributed by atoms with Crippen LogP contribution in [0.5, 0.6) is 17.2 Å². The number of nitrogens with one attached hydrogen (secondary N) is 2. The zero-order valence-corrected chi connectivity index (χ0v) is 21.7. The SMILES string of the molecule is CCNC(=NCc1ccc(OC)c(OC)c1OC)NCC(c1ccco1)N1CCCC1.I. The highest BCUT2D eigenvalue weighted by Crippen LogP contribution is 2.40. The second-order valence-corrected chi connectivity index (χ2v) is 7.34. The Morgan fingerprint density at radius 3 is 2.41 bits per heavy atom. The molecule has 2 N–H and O–H groups in total. The lowest BCUT2D eigenvalue weighted by molar-refractivity contribution is 0.215. The van der Waals surface area contributed by atoms with Crippen LogP contribution in [0.15, 0.2) is 39.9 Å². The van der Waals surface area contributed by atoms with Crippen LogP contribution >= 0.6 is 24.0 Å². The molecule has 0 amide bonds. The summed E-state index contributed by atoms with van der Waals surface area (Å²) in [6.45, 7) is 6.15. The van der Waals surface area contributed by atoms with E-state index in [9.17, 15) is 0 Å². The first-order chi connectivity index (χ1) is 15.2. The first kappa shape index (κ1) is 26.1. The first-order valence-corrected chi connectivity index (χ1v) is 10.8. The summed E-state index contributed by atoms with van der Waals surface area (Å²) in [6.07, 6.45) is 4.19. The Balaban J connectivity index is 0.00000363. The largest absolute Gasteiger partial charge is 0.493 e. The fourth-order valence-corrected chi connectivity index (χ4v) is 3.93. The molecule has 0 bridgehead atoms. The van der Waals surface area contributed by atoms with Gasteiger partial charge in [0, 0.05) is 18.7 Å². The van der Waals surface area contributed by atoms with Crippen molar-refractivity contribution < 1.29 is 18.6 Å². The minimum absolute atomic E-state index is 0. The number of furan rings is 1. The molecular weight excluding hydrogens is 523 g/mol. The second-order valence-electron chi connectivity index (χ2n) is 7.34. The van der Waals surface area contributed by atoms with E-state index < -0.39 is 0 Å². The fourth-order valence-electron chi connectivity index (χ4n) is 3.93. The highest BCUT2D eigenvalue weighted by molar-refractivity contribution is 14.0. The first-order valence-electron chi connectivity index (χ1n) is 10.8. The van der Waals surface area contributed by atoms with Crippen molar-refractivity contribution in [3.8, 4) is 17.2 Å². The van der Waals surface area contributed by atoms with Crippen LogP contribution in [0, 0.1) is 0 Å². The normalized spacial score (nSPS) is 15.1. The molecule has 1 aromatic heterocycles. The van der Waals surface area contributed by atoms with Crippen molar-refractivity contribution in [2.45, 2.75) is 32.4 Å². The van der Waals surface area contributed by atoms with Crippen LogP contribution in [-0.2, 0) is 6.54 Å². The zero-order chi connectivity index (χ0) is 22.1. The quantitative estimate of drug-likeness (QED) is 0.261. The number of guanidine groups is 1. The Bertz CT molecular complexity index is 839. The topological polar surface area (TPSA) is 80.5 Å². The van der Waals surface area contributed by atoms with Crippen molar-refractivity contribution in [1.82, 2.24) is 15.5 Å². The summed E-state index contributed by atoms with van der Waals surface area (Å²) < 4.78 is 22.2. The number of likely N-dealkylation sites (tertiary alicyclic amines) is 1.